The molecule has 1 N–H and O–H groups in total. The maximum Gasteiger partial charge on any atom is 0.256 e. The monoisotopic (exact) mass is 302 g/mol. The number of carbonyl (C=O) groups excluding carboxylic acids is 1. The van der Waals surface area contributed by atoms with E-state index in [4.69, 9.17) is 0 Å². The second-order valence-electron chi connectivity index (χ2n) is 6.11. The number of fused-ring (bicyclic) bond motifs is 1. The van der Waals surface area contributed by atoms with Gasteiger partial charge in [-0.2, -0.15) is 0 Å². The summed E-state index contributed by atoms with van der Waals surface area (Å²) >= 11 is 0. The molecular weight excluding hydrogens is 284 g/mol. The summed E-state index contributed by atoms with van der Waals surface area (Å²) in [7, 11) is 0. The summed E-state index contributed by atoms with van der Waals surface area (Å²) < 4.78 is 0. The van der Waals surface area contributed by atoms with Crippen molar-refractivity contribution in [2.24, 2.45) is 0 Å². The number of rotatable bonds is 3. The third-order valence-corrected chi connectivity index (χ3v) is 4.65. The number of hydrogen-bond acceptors (Lipinski definition) is 2. The number of hydrogen-bond donors (Lipinski definition) is 1. The SMILES string of the molecule is O=C(Nc1cccc(C2CCC2)c1)c1cccc2cnccc12. The van der Waals surface area contributed by atoms with E-state index in [9.17, 15) is 4.79 Å². The van der Waals surface area contributed by atoms with Crippen molar-refractivity contribution in [3.05, 3.63) is 72.1 Å². The van der Waals surface area contributed by atoms with Crippen molar-refractivity contribution >= 4 is 22.4 Å². The molecule has 23 heavy (non-hydrogen) atoms. The van der Waals surface area contributed by atoms with Crippen LogP contribution in [0.5, 0.6) is 0 Å². The molecule has 1 aliphatic rings. The quantitative estimate of drug-likeness (QED) is 0.758. The Morgan fingerprint density at radius 1 is 1.09 bits per heavy atom. The molecule has 1 aromatic heterocycles. The molecule has 0 spiro atoms. The van der Waals surface area contributed by atoms with Crippen LogP contribution in [0.1, 0.15) is 41.1 Å². The molecule has 0 radical (unpaired) electrons. The van der Waals surface area contributed by atoms with E-state index < -0.39 is 0 Å². The van der Waals surface area contributed by atoms with Gasteiger partial charge in [0.2, 0.25) is 0 Å². The number of benzene rings is 2. The fraction of sp³-hybridized carbons (Fsp3) is 0.200. The average molecular weight is 302 g/mol. The van der Waals surface area contributed by atoms with E-state index in [2.05, 4.69) is 22.4 Å². The minimum absolute atomic E-state index is 0.0763. The summed E-state index contributed by atoms with van der Waals surface area (Å²) in [5.74, 6) is 0.586. The van der Waals surface area contributed by atoms with Crippen LogP contribution in [0.15, 0.2) is 60.9 Å². The van der Waals surface area contributed by atoms with Gasteiger partial charge >= 0.3 is 0 Å². The summed E-state index contributed by atoms with van der Waals surface area (Å²) in [6.45, 7) is 0. The zero-order chi connectivity index (χ0) is 15.6. The van der Waals surface area contributed by atoms with Crippen LogP contribution in [0.3, 0.4) is 0 Å². The first-order valence-electron chi connectivity index (χ1n) is 8.05. The number of aromatic nitrogens is 1. The number of amides is 1. The molecule has 3 nitrogen and oxygen atoms in total. The largest absolute Gasteiger partial charge is 0.322 e. The minimum atomic E-state index is -0.0763. The molecule has 1 aliphatic carbocycles. The highest BCUT2D eigenvalue weighted by Gasteiger charge is 2.19. The van der Waals surface area contributed by atoms with Crippen molar-refractivity contribution in [2.45, 2.75) is 25.2 Å². The van der Waals surface area contributed by atoms with Crippen LogP contribution < -0.4 is 5.32 Å². The van der Waals surface area contributed by atoms with Gasteiger partial charge in [-0.15, -0.1) is 0 Å². The Kier molecular flexibility index (Phi) is 3.54. The molecule has 1 saturated carbocycles. The standard InChI is InChI=1S/C20H18N2O/c23-20(19-9-3-7-16-13-21-11-10-18(16)19)22-17-8-2-6-15(12-17)14-4-1-5-14/h2-3,6-14H,1,4-5H2,(H,22,23). The number of anilines is 1. The van der Waals surface area contributed by atoms with Crippen LogP contribution in [0, 0.1) is 0 Å². The zero-order valence-electron chi connectivity index (χ0n) is 12.8. The first-order chi connectivity index (χ1) is 11.3. The third-order valence-electron chi connectivity index (χ3n) is 4.65. The molecule has 2 aromatic carbocycles. The maximum atomic E-state index is 12.7. The molecule has 0 aliphatic heterocycles. The predicted molar refractivity (Wildman–Crippen MR) is 92.7 cm³/mol. The Morgan fingerprint density at radius 2 is 1.96 bits per heavy atom. The van der Waals surface area contributed by atoms with Crippen molar-refractivity contribution in [1.82, 2.24) is 4.98 Å². The Labute approximate surface area is 135 Å². The highest BCUT2D eigenvalue weighted by Crippen LogP contribution is 2.37. The predicted octanol–water partition coefficient (Wildman–Crippen LogP) is 4.75. The summed E-state index contributed by atoms with van der Waals surface area (Å²) in [6.07, 6.45) is 7.33. The Morgan fingerprint density at radius 3 is 2.78 bits per heavy atom. The van der Waals surface area contributed by atoms with Gasteiger partial charge < -0.3 is 5.32 Å². The molecule has 1 fully saturated rings. The molecule has 0 atom stereocenters. The number of carbonyl (C=O) groups is 1. The van der Waals surface area contributed by atoms with Gasteiger partial charge in [-0.25, -0.2) is 0 Å². The van der Waals surface area contributed by atoms with Gasteiger partial charge in [-0.05, 0) is 54.0 Å². The van der Waals surface area contributed by atoms with Crippen LogP contribution in [0.2, 0.25) is 0 Å². The summed E-state index contributed by atoms with van der Waals surface area (Å²) in [4.78, 5) is 16.8. The first-order valence-corrected chi connectivity index (χ1v) is 8.05. The molecule has 4 rings (SSSR count). The van der Waals surface area contributed by atoms with E-state index in [1.807, 2.05) is 36.4 Å². The van der Waals surface area contributed by atoms with Crippen LogP contribution in [-0.2, 0) is 0 Å². The fourth-order valence-corrected chi connectivity index (χ4v) is 3.13. The first kappa shape index (κ1) is 13.9. The van der Waals surface area contributed by atoms with E-state index in [1.165, 1.54) is 24.8 Å². The van der Waals surface area contributed by atoms with Gasteiger partial charge in [0.15, 0.2) is 0 Å². The fourth-order valence-electron chi connectivity index (χ4n) is 3.13. The highest BCUT2D eigenvalue weighted by atomic mass is 16.1. The molecule has 1 heterocycles. The maximum absolute atomic E-state index is 12.7. The van der Waals surface area contributed by atoms with E-state index in [0.717, 1.165) is 16.5 Å². The van der Waals surface area contributed by atoms with Crippen molar-refractivity contribution in [1.29, 1.82) is 0 Å². The minimum Gasteiger partial charge on any atom is -0.322 e. The Bertz CT molecular complexity index is 863. The summed E-state index contributed by atoms with van der Waals surface area (Å²) in [6, 6.07) is 15.8. The van der Waals surface area contributed by atoms with E-state index in [0.29, 0.717) is 11.5 Å². The topological polar surface area (TPSA) is 42.0 Å². The Balaban J connectivity index is 1.62. The van der Waals surface area contributed by atoms with E-state index in [-0.39, 0.29) is 5.91 Å². The van der Waals surface area contributed by atoms with Crippen molar-refractivity contribution in [3.63, 3.8) is 0 Å². The number of nitrogens with zero attached hydrogens (tertiary/aromatic N) is 1. The highest BCUT2D eigenvalue weighted by molar-refractivity contribution is 6.12. The Hall–Kier alpha value is -2.68. The van der Waals surface area contributed by atoms with Crippen molar-refractivity contribution < 1.29 is 4.79 Å². The number of pyridine rings is 1. The molecule has 3 heteroatoms. The molecule has 0 unspecified atom stereocenters. The van der Waals surface area contributed by atoms with Gasteiger partial charge in [-0.3, -0.25) is 9.78 Å². The molecule has 3 aromatic rings. The van der Waals surface area contributed by atoms with Gasteiger partial charge in [0.1, 0.15) is 0 Å². The van der Waals surface area contributed by atoms with Crippen LogP contribution in [-0.4, -0.2) is 10.9 Å². The second kappa shape index (κ2) is 5.84. The van der Waals surface area contributed by atoms with Crippen molar-refractivity contribution in [2.75, 3.05) is 5.32 Å². The lowest BCUT2D eigenvalue weighted by molar-refractivity contribution is 0.102. The second-order valence-corrected chi connectivity index (χ2v) is 6.11. The summed E-state index contributed by atoms with van der Waals surface area (Å²) in [5.41, 5.74) is 2.88. The van der Waals surface area contributed by atoms with Crippen LogP contribution in [0.4, 0.5) is 5.69 Å². The van der Waals surface area contributed by atoms with Crippen molar-refractivity contribution in [3.8, 4) is 0 Å². The number of nitrogens with one attached hydrogen (secondary N) is 1. The zero-order valence-corrected chi connectivity index (χ0v) is 12.8. The third kappa shape index (κ3) is 2.70. The smallest absolute Gasteiger partial charge is 0.256 e. The molecular formula is C20H18N2O. The molecule has 0 saturated heterocycles. The molecule has 0 bridgehead atoms. The van der Waals surface area contributed by atoms with Gasteiger partial charge in [-0.1, -0.05) is 30.7 Å². The van der Waals surface area contributed by atoms with Crippen LogP contribution >= 0.6 is 0 Å². The van der Waals surface area contributed by atoms with E-state index in [1.54, 1.807) is 12.4 Å². The van der Waals surface area contributed by atoms with Gasteiger partial charge in [0, 0.05) is 29.0 Å². The lowest BCUT2D eigenvalue weighted by atomic mass is 9.80. The lowest BCUT2D eigenvalue weighted by Gasteiger charge is -2.26. The van der Waals surface area contributed by atoms with Gasteiger partial charge in [0.05, 0.1) is 0 Å². The van der Waals surface area contributed by atoms with Crippen LogP contribution in [0.25, 0.3) is 10.8 Å². The summed E-state index contributed by atoms with van der Waals surface area (Å²) in [5, 5.41) is 4.94. The average Bonchev–Trinajstić information content (AvgIpc) is 2.53. The van der Waals surface area contributed by atoms with Gasteiger partial charge in [0.25, 0.3) is 5.91 Å². The normalized spacial score (nSPS) is 14.4. The van der Waals surface area contributed by atoms with E-state index >= 15 is 0 Å². The molecule has 114 valence electrons. The molecule has 1 amide bonds. The lowest BCUT2D eigenvalue weighted by Crippen LogP contribution is -2.13.